The monoisotopic (exact) mass is 347 g/mol. The minimum atomic E-state index is 0.0747. The largest absolute Gasteiger partial charge is 0.368 e. The normalized spacial score (nSPS) is 14.7. The van der Waals surface area contributed by atoms with Gasteiger partial charge in [0, 0.05) is 54.5 Å². The van der Waals surface area contributed by atoms with E-state index in [9.17, 15) is 9.59 Å². The molecule has 0 spiro atoms. The molecule has 1 fully saturated rings. The summed E-state index contributed by atoms with van der Waals surface area (Å²) in [6.45, 7) is 4.52. The van der Waals surface area contributed by atoms with Crippen LogP contribution in [0, 0.1) is 0 Å². The molecule has 2 heterocycles. The van der Waals surface area contributed by atoms with Crippen molar-refractivity contribution in [3.05, 3.63) is 65.9 Å². The van der Waals surface area contributed by atoms with Crippen LogP contribution in [0.3, 0.4) is 0 Å². The summed E-state index contributed by atoms with van der Waals surface area (Å²) in [7, 11) is 0. The summed E-state index contributed by atoms with van der Waals surface area (Å²) in [6, 6.07) is 15.6. The molecular weight excluding hydrogens is 326 g/mol. The van der Waals surface area contributed by atoms with E-state index in [1.54, 1.807) is 13.1 Å². The fraction of sp³-hybridized carbons (Fsp3) is 0.238. The molecule has 1 aromatic heterocycles. The molecular formula is C21H21N3O2. The molecule has 1 N–H and O–H groups in total. The number of fused-ring (bicyclic) bond motifs is 1. The topological polar surface area (TPSA) is 56.4 Å². The first-order valence-corrected chi connectivity index (χ1v) is 8.85. The van der Waals surface area contributed by atoms with Crippen molar-refractivity contribution in [3.8, 4) is 0 Å². The second-order valence-corrected chi connectivity index (χ2v) is 6.63. The van der Waals surface area contributed by atoms with Gasteiger partial charge in [-0.15, -0.1) is 0 Å². The highest BCUT2D eigenvalue weighted by Crippen LogP contribution is 2.22. The number of aromatic amines is 1. The number of ketones is 1. The first-order chi connectivity index (χ1) is 12.6. The van der Waals surface area contributed by atoms with Gasteiger partial charge in [-0.2, -0.15) is 0 Å². The van der Waals surface area contributed by atoms with Crippen molar-refractivity contribution in [1.82, 2.24) is 9.88 Å². The Morgan fingerprint density at radius 2 is 1.62 bits per heavy atom. The average molecular weight is 347 g/mol. The zero-order chi connectivity index (χ0) is 18.1. The average Bonchev–Trinajstić information content (AvgIpc) is 3.12. The van der Waals surface area contributed by atoms with Gasteiger partial charge in [-0.1, -0.05) is 18.2 Å². The Bertz CT molecular complexity index is 951. The van der Waals surface area contributed by atoms with Gasteiger partial charge >= 0.3 is 0 Å². The van der Waals surface area contributed by atoms with E-state index < -0.39 is 0 Å². The molecule has 26 heavy (non-hydrogen) atoms. The third-order valence-corrected chi connectivity index (χ3v) is 5.03. The fourth-order valence-corrected chi connectivity index (χ4v) is 3.49. The lowest BCUT2D eigenvalue weighted by molar-refractivity contribution is 0.0748. The predicted octanol–water partition coefficient (Wildman–Crippen LogP) is 3.33. The highest BCUT2D eigenvalue weighted by molar-refractivity contribution is 6.06. The summed E-state index contributed by atoms with van der Waals surface area (Å²) in [6.07, 6.45) is 1.81. The molecule has 1 aliphatic rings. The standard InChI is InChI=1S/C21H21N3O2/c1-15(25)16-6-8-17(9-7-16)23-10-12-24(13-11-23)21(26)19-14-22-20-5-3-2-4-18(19)20/h2-9,14,22H,10-13H2,1H3. The summed E-state index contributed by atoms with van der Waals surface area (Å²) < 4.78 is 0. The van der Waals surface area contributed by atoms with Crippen LogP contribution in [0.4, 0.5) is 5.69 Å². The lowest BCUT2D eigenvalue weighted by atomic mass is 10.1. The van der Waals surface area contributed by atoms with Gasteiger partial charge < -0.3 is 14.8 Å². The molecule has 2 aromatic carbocycles. The fourth-order valence-electron chi connectivity index (χ4n) is 3.49. The second-order valence-electron chi connectivity index (χ2n) is 6.63. The van der Waals surface area contributed by atoms with E-state index >= 15 is 0 Å². The van der Waals surface area contributed by atoms with Gasteiger partial charge in [-0.05, 0) is 37.3 Å². The van der Waals surface area contributed by atoms with Gasteiger partial charge in [0.1, 0.15) is 0 Å². The molecule has 3 aromatic rings. The van der Waals surface area contributed by atoms with Crippen LogP contribution in [-0.4, -0.2) is 47.8 Å². The zero-order valence-corrected chi connectivity index (χ0v) is 14.7. The maximum Gasteiger partial charge on any atom is 0.256 e. The van der Waals surface area contributed by atoms with Crippen LogP contribution in [0.1, 0.15) is 27.6 Å². The first-order valence-electron chi connectivity index (χ1n) is 8.85. The molecule has 1 amide bonds. The van der Waals surface area contributed by atoms with Crippen LogP contribution >= 0.6 is 0 Å². The molecule has 0 bridgehead atoms. The number of carbonyl (C=O) groups excluding carboxylic acids is 2. The van der Waals surface area contributed by atoms with Crippen LogP contribution < -0.4 is 4.90 Å². The molecule has 0 aliphatic carbocycles. The van der Waals surface area contributed by atoms with Crippen LogP contribution in [0.15, 0.2) is 54.7 Å². The van der Waals surface area contributed by atoms with Crippen molar-refractivity contribution in [2.24, 2.45) is 0 Å². The Kier molecular flexibility index (Phi) is 4.21. The number of nitrogens with one attached hydrogen (secondary N) is 1. The molecule has 5 heteroatoms. The molecule has 132 valence electrons. The van der Waals surface area contributed by atoms with Crippen molar-refractivity contribution in [2.75, 3.05) is 31.1 Å². The summed E-state index contributed by atoms with van der Waals surface area (Å²) >= 11 is 0. The van der Waals surface area contributed by atoms with Gasteiger partial charge in [-0.3, -0.25) is 9.59 Å². The summed E-state index contributed by atoms with van der Waals surface area (Å²) in [4.78, 5) is 31.6. The minimum Gasteiger partial charge on any atom is -0.368 e. The van der Waals surface area contributed by atoms with Gasteiger partial charge in [0.2, 0.25) is 0 Å². The molecule has 0 atom stereocenters. The number of benzene rings is 2. The highest BCUT2D eigenvalue weighted by Gasteiger charge is 2.24. The lowest BCUT2D eigenvalue weighted by Crippen LogP contribution is -2.48. The van der Waals surface area contributed by atoms with E-state index in [-0.39, 0.29) is 11.7 Å². The predicted molar refractivity (Wildman–Crippen MR) is 103 cm³/mol. The van der Waals surface area contributed by atoms with Crippen molar-refractivity contribution >= 4 is 28.3 Å². The maximum atomic E-state index is 12.9. The Labute approximate surface area is 152 Å². The van der Waals surface area contributed by atoms with Gasteiger partial charge in [0.15, 0.2) is 5.78 Å². The number of hydrogen-bond donors (Lipinski definition) is 1. The number of nitrogens with zero attached hydrogens (tertiary/aromatic N) is 2. The molecule has 0 unspecified atom stereocenters. The quantitative estimate of drug-likeness (QED) is 0.740. The number of H-pyrrole nitrogens is 1. The number of hydrogen-bond acceptors (Lipinski definition) is 3. The van der Waals surface area contributed by atoms with E-state index in [0.29, 0.717) is 13.1 Å². The van der Waals surface area contributed by atoms with Crippen LogP contribution in [0.2, 0.25) is 0 Å². The van der Waals surface area contributed by atoms with Gasteiger partial charge in [0.25, 0.3) is 5.91 Å². The number of aromatic nitrogens is 1. The molecule has 0 saturated carbocycles. The summed E-state index contributed by atoms with van der Waals surface area (Å²) in [5.74, 6) is 0.153. The molecule has 0 radical (unpaired) electrons. The molecule has 4 rings (SSSR count). The van der Waals surface area contributed by atoms with Crippen LogP contribution in [0.25, 0.3) is 10.9 Å². The highest BCUT2D eigenvalue weighted by atomic mass is 16.2. The number of carbonyl (C=O) groups is 2. The summed E-state index contributed by atoms with van der Waals surface area (Å²) in [5.41, 5.74) is 3.54. The van der Waals surface area contributed by atoms with E-state index in [2.05, 4.69) is 9.88 Å². The van der Waals surface area contributed by atoms with Gasteiger partial charge in [-0.25, -0.2) is 0 Å². The number of anilines is 1. The van der Waals surface area contributed by atoms with Crippen molar-refractivity contribution in [1.29, 1.82) is 0 Å². The van der Waals surface area contributed by atoms with E-state index in [4.69, 9.17) is 0 Å². The van der Waals surface area contributed by atoms with Crippen molar-refractivity contribution in [3.63, 3.8) is 0 Å². The second kappa shape index (κ2) is 6.67. The minimum absolute atomic E-state index is 0.0747. The van der Waals surface area contributed by atoms with E-state index in [1.165, 1.54) is 0 Å². The smallest absolute Gasteiger partial charge is 0.256 e. The lowest BCUT2D eigenvalue weighted by Gasteiger charge is -2.36. The third-order valence-electron chi connectivity index (χ3n) is 5.03. The number of para-hydroxylation sites is 1. The van der Waals surface area contributed by atoms with Crippen molar-refractivity contribution in [2.45, 2.75) is 6.92 Å². The molecule has 1 aliphatic heterocycles. The van der Waals surface area contributed by atoms with Crippen LogP contribution in [0.5, 0.6) is 0 Å². The van der Waals surface area contributed by atoms with E-state index in [0.717, 1.165) is 40.8 Å². The Hall–Kier alpha value is -3.08. The number of rotatable bonds is 3. The molecule has 5 nitrogen and oxygen atoms in total. The Morgan fingerprint density at radius 1 is 0.923 bits per heavy atom. The number of amides is 1. The Balaban J connectivity index is 1.44. The maximum absolute atomic E-state index is 12.9. The SMILES string of the molecule is CC(=O)c1ccc(N2CCN(C(=O)c3c[nH]c4ccccc34)CC2)cc1. The first kappa shape index (κ1) is 16.4. The Morgan fingerprint density at radius 3 is 2.31 bits per heavy atom. The molecule has 1 saturated heterocycles. The third kappa shape index (κ3) is 2.96. The van der Waals surface area contributed by atoms with Gasteiger partial charge in [0.05, 0.1) is 5.56 Å². The van der Waals surface area contributed by atoms with E-state index in [1.807, 2.05) is 53.4 Å². The number of Topliss-reactive ketones (excluding diaryl/α,β-unsaturated/α-hetero) is 1. The summed E-state index contributed by atoms with van der Waals surface area (Å²) in [5, 5.41) is 0.972. The number of piperazine rings is 1. The van der Waals surface area contributed by atoms with Crippen LogP contribution in [-0.2, 0) is 0 Å². The van der Waals surface area contributed by atoms with Crippen molar-refractivity contribution < 1.29 is 9.59 Å². The zero-order valence-electron chi connectivity index (χ0n) is 14.7.